The molecule has 3 aromatic rings. The van der Waals surface area contributed by atoms with Crippen LogP contribution in [-0.4, -0.2) is 24.6 Å². The van der Waals surface area contributed by atoms with Gasteiger partial charge in [0.15, 0.2) is 11.2 Å². The number of nitrogens with zero attached hydrogens (tertiary/aromatic N) is 4. The van der Waals surface area contributed by atoms with Crippen LogP contribution in [0.5, 0.6) is 0 Å². The largest absolute Gasteiger partial charge is 0.332 e. The zero-order chi connectivity index (χ0) is 19.7. The first-order valence-electron chi connectivity index (χ1n) is 8.84. The number of fused-ring (bicyclic) bond motifs is 1. The second kappa shape index (κ2) is 7.22. The van der Waals surface area contributed by atoms with Crippen LogP contribution < -0.4 is 16.6 Å². The third-order valence-electron chi connectivity index (χ3n) is 4.91. The van der Waals surface area contributed by atoms with Crippen LogP contribution >= 0.6 is 0 Å². The predicted octanol–water partition coefficient (Wildman–Crippen LogP) is 1.59. The van der Waals surface area contributed by atoms with Crippen molar-refractivity contribution in [2.75, 3.05) is 5.32 Å². The second-order valence-electron chi connectivity index (χ2n) is 6.73. The molecule has 3 rings (SSSR count). The number of aryl methyl sites for hydroxylation is 1. The Kier molecular flexibility index (Phi) is 4.98. The van der Waals surface area contributed by atoms with Gasteiger partial charge < -0.3 is 9.88 Å². The molecule has 0 fully saturated rings. The SMILES string of the molecule is CC[C@@H](C)c1ccc(NC(=O)Cn2cnc3c2c(=O)n(C)c(=O)n3C)cc1. The average Bonchev–Trinajstić information content (AvgIpc) is 3.08. The summed E-state index contributed by atoms with van der Waals surface area (Å²) in [4.78, 5) is 40.9. The van der Waals surface area contributed by atoms with Gasteiger partial charge in [-0.15, -0.1) is 0 Å². The van der Waals surface area contributed by atoms with Crippen LogP contribution in [0.2, 0.25) is 0 Å². The van der Waals surface area contributed by atoms with E-state index in [2.05, 4.69) is 24.1 Å². The lowest BCUT2D eigenvalue weighted by atomic mass is 9.99. The minimum Gasteiger partial charge on any atom is -0.325 e. The number of hydrogen-bond donors (Lipinski definition) is 1. The zero-order valence-corrected chi connectivity index (χ0v) is 15.9. The van der Waals surface area contributed by atoms with E-state index in [0.29, 0.717) is 11.6 Å². The van der Waals surface area contributed by atoms with Crippen molar-refractivity contribution >= 4 is 22.8 Å². The maximum absolute atomic E-state index is 12.4. The smallest absolute Gasteiger partial charge is 0.325 e. The zero-order valence-electron chi connectivity index (χ0n) is 15.9. The highest BCUT2D eigenvalue weighted by Crippen LogP contribution is 2.20. The summed E-state index contributed by atoms with van der Waals surface area (Å²) in [5.74, 6) is 0.191. The Morgan fingerprint density at radius 3 is 2.44 bits per heavy atom. The fraction of sp³-hybridized carbons (Fsp3) is 0.368. The van der Waals surface area contributed by atoms with Crippen LogP contribution in [0.25, 0.3) is 11.2 Å². The number of hydrogen-bond acceptors (Lipinski definition) is 4. The molecule has 0 saturated heterocycles. The van der Waals surface area contributed by atoms with Crippen molar-refractivity contribution < 1.29 is 4.79 Å². The highest BCUT2D eigenvalue weighted by Gasteiger charge is 2.16. The number of anilines is 1. The molecule has 0 aliphatic carbocycles. The molecule has 1 atom stereocenters. The number of aromatic nitrogens is 4. The fourth-order valence-electron chi connectivity index (χ4n) is 3.00. The van der Waals surface area contributed by atoms with Gasteiger partial charge >= 0.3 is 5.69 Å². The standard InChI is InChI=1S/C19H23N5O3/c1-5-12(2)13-6-8-14(9-7-13)21-15(25)10-24-11-20-17-16(24)18(26)23(4)19(27)22(17)3/h6-9,11-12H,5,10H2,1-4H3,(H,21,25)/t12-/m1/s1. The van der Waals surface area contributed by atoms with Crippen molar-refractivity contribution in [3.05, 3.63) is 57.0 Å². The molecular weight excluding hydrogens is 346 g/mol. The van der Waals surface area contributed by atoms with Gasteiger partial charge in [0, 0.05) is 19.8 Å². The van der Waals surface area contributed by atoms with E-state index in [1.54, 1.807) is 7.05 Å². The van der Waals surface area contributed by atoms with E-state index in [-0.39, 0.29) is 23.6 Å². The molecule has 1 amide bonds. The quantitative estimate of drug-likeness (QED) is 0.739. The lowest BCUT2D eigenvalue weighted by Gasteiger charge is -2.11. The van der Waals surface area contributed by atoms with Gasteiger partial charge in [-0.25, -0.2) is 9.78 Å². The summed E-state index contributed by atoms with van der Waals surface area (Å²) in [7, 11) is 2.95. The van der Waals surface area contributed by atoms with E-state index < -0.39 is 11.2 Å². The van der Waals surface area contributed by atoms with E-state index in [1.807, 2.05) is 24.3 Å². The van der Waals surface area contributed by atoms with Gasteiger partial charge in [0.2, 0.25) is 5.91 Å². The molecule has 0 radical (unpaired) electrons. The summed E-state index contributed by atoms with van der Waals surface area (Å²) in [5.41, 5.74) is 1.47. The minimum atomic E-state index is -0.476. The van der Waals surface area contributed by atoms with Crippen LogP contribution in [0, 0.1) is 0 Å². The maximum Gasteiger partial charge on any atom is 0.332 e. The first-order valence-corrected chi connectivity index (χ1v) is 8.84. The molecule has 0 spiro atoms. The molecule has 27 heavy (non-hydrogen) atoms. The van der Waals surface area contributed by atoms with Crippen molar-refractivity contribution in [2.45, 2.75) is 32.7 Å². The molecule has 2 heterocycles. The monoisotopic (exact) mass is 369 g/mol. The number of imidazole rings is 1. The number of nitrogens with one attached hydrogen (secondary N) is 1. The van der Waals surface area contributed by atoms with E-state index in [4.69, 9.17) is 0 Å². The maximum atomic E-state index is 12.4. The Morgan fingerprint density at radius 1 is 1.15 bits per heavy atom. The van der Waals surface area contributed by atoms with Gasteiger partial charge in [-0.3, -0.25) is 18.7 Å². The van der Waals surface area contributed by atoms with Crippen LogP contribution in [0.3, 0.4) is 0 Å². The number of rotatable bonds is 5. The Balaban J connectivity index is 1.83. The third-order valence-corrected chi connectivity index (χ3v) is 4.91. The highest BCUT2D eigenvalue weighted by atomic mass is 16.2. The third kappa shape index (κ3) is 3.42. The van der Waals surface area contributed by atoms with Crippen LogP contribution in [-0.2, 0) is 25.4 Å². The van der Waals surface area contributed by atoms with Crippen molar-refractivity contribution in [1.29, 1.82) is 0 Å². The van der Waals surface area contributed by atoms with Crippen molar-refractivity contribution in [3.63, 3.8) is 0 Å². The summed E-state index contributed by atoms with van der Waals surface area (Å²) in [6.07, 6.45) is 2.45. The lowest BCUT2D eigenvalue weighted by Crippen LogP contribution is -2.37. The minimum absolute atomic E-state index is 0.0724. The number of amides is 1. The molecule has 0 bridgehead atoms. The van der Waals surface area contributed by atoms with Gasteiger partial charge in [-0.1, -0.05) is 26.0 Å². The molecule has 0 unspecified atom stereocenters. The van der Waals surface area contributed by atoms with Crippen LogP contribution in [0.15, 0.2) is 40.2 Å². The Labute approximate surface area is 156 Å². The van der Waals surface area contributed by atoms with E-state index in [1.165, 1.54) is 28.1 Å². The van der Waals surface area contributed by atoms with Crippen LogP contribution in [0.1, 0.15) is 31.7 Å². The van der Waals surface area contributed by atoms with Gasteiger partial charge in [0.25, 0.3) is 5.56 Å². The summed E-state index contributed by atoms with van der Waals surface area (Å²) in [6, 6.07) is 7.74. The molecular formula is C19H23N5O3. The van der Waals surface area contributed by atoms with Gasteiger partial charge in [-0.05, 0) is 30.0 Å². The molecule has 2 aromatic heterocycles. The first kappa shape index (κ1) is 18.6. The molecule has 8 heteroatoms. The van der Waals surface area contributed by atoms with Crippen molar-refractivity contribution in [2.24, 2.45) is 14.1 Å². The molecule has 142 valence electrons. The van der Waals surface area contributed by atoms with Gasteiger partial charge in [0.05, 0.1) is 6.33 Å². The molecule has 8 nitrogen and oxygen atoms in total. The van der Waals surface area contributed by atoms with E-state index >= 15 is 0 Å². The Hall–Kier alpha value is -3.16. The van der Waals surface area contributed by atoms with Crippen molar-refractivity contribution in [1.82, 2.24) is 18.7 Å². The molecule has 0 aliphatic heterocycles. The predicted molar refractivity (Wildman–Crippen MR) is 104 cm³/mol. The van der Waals surface area contributed by atoms with Gasteiger partial charge in [0.1, 0.15) is 6.54 Å². The Morgan fingerprint density at radius 2 is 1.81 bits per heavy atom. The summed E-state index contributed by atoms with van der Waals surface area (Å²) >= 11 is 0. The Bertz CT molecular complexity index is 1110. The lowest BCUT2D eigenvalue weighted by molar-refractivity contribution is -0.116. The number of benzene rings is 1. The molecule has 1 aromatic carbocycles. The van der Waals surface area contributed by atoms with Gasteiger partial charge in [-0.2, -0.15) is 0 Å². The second-order valence-corrected chi connectivity index (χ2v) is 6.73. The van der Waals surface area contributed by atoms with E-state index in [9.17, 15) is 14.4 Å². The average molecular weight is 369 g/mol. The summed E-state index contributed by atoms with van der Waals surface area (Å²) < 4.78 is 3.75. The first-order chi connectivity index (χ1) is 12.8. The summed E-state index contributed by atoms with van der Waals surface area (Å²) in [6.45, 7) is 4.22. The number of carbonyl (C=O) groups is 1. The number of carbonyl (C=O) groups excluding carboxylic acids is 1. The fourth-order valence-corrected chi connectivity index (χ4v) is 3.00. The van der Waals surface area contributed by atoms with Crippen LogP contribution in [0.4, 0.5) is 5.69 Å². The normalized spacial score (nSPS) is 12.3. The molecule has 0 saturated carbocycles. The van der Waals surface area contributed by atoms with Crippen molar-refractivity contribution in [3.8, 4) is 0 Å². The van der Waals surface area contributed by atoms with E-state index in [0.717, 1.165) is 11.0 Å². The highest BCUT2D eigenvalue weighted by molar-refractivity contribution is 5.91. The molecule has 0 aliphatic rings. The summed E-state index contributed by atoms with van der Waals surface area (Å²) in [5, 5.41) is 2.82. The topological polar surface area (TPSA) is 90.9 Å². The molecule has 1 N–H and O–H groups in total.